The lowest BCUT2D eigenvalue weighted by atomic mass is 10.2. The zero-order valence-electron chi connectivity index (χ0n) is 16.7. The second-order valence-corrected chi connectivity index (χ2v) is 6.86. The van der Waals surface area contributed by atoms with Gasteiger partial charge < -0.3 is 14.8 Å². The van der Waals surface area contributed by atoms with E-state index < -0.39 is 0 Å². The Balaban J connectivity index is 2.04. The van der Waals surface area contributed by atoms with Gasteiger partial charge in [0.2, 0.25) is 5.91 Å². The van der Waals surface area contributed by atoms with Crippen LogP contribution in [0.15, 0.2) is 36.5 Å². The highest BCUT2D eigenvalue weighted by molar-refractivity contribution is 6.01. The molecule has 2 rings (SSSR count). The molecule has 1 unspecified atom stereocenters. The van der Waals surface area contributed by atoms with Crippen molar-refractivity contribution < 1.29 is 14.3 Å². The fraction of sp³-hybridized carbons (Fsp3) is 0.429. The SMILES string of the molecule is CCC(C)n1nccc1NC(=O)/C=C/c1ccc(OCC(C)C)c(OC)c1. The summed E-state index contributed by atoms with van der Waals surface area (Å²) in [5.74, 6) is 2.26. The molecule has 1 atom stereocenters. The molecule has 0 aliphatic carbocycles. The Labute approximate surface area is 161 Å². The Hall–Kier alpha value is -2.76. The van der Waals surface area contributed by atoms with Crippen LogP contribution in [0.4, 0.5) is 5.82 Å². The number of hydrogen-bond acceptors (Lipinski definition) is 4. The zero-order valence-corrected chi connectivity index (χ0v) is 16.7. The predicted octanol–water partition coefficient (Wildman–Crippen LogP) is 4.55. The molecule has 0 aliphatic heterocycles. The van der Waals surface area contributed by atoms with Crippen molar-refractivity contribution in [1.82, 2.24) is 9.78 Å². The molecule has 1 heterocycles. The molecular weight excluding hydrogens is 342 g/mol. The van der Waals surface area contributed by atoms with Gasteiger partial charge in [0.05, 0.1) is 26.0 Å². The van der Waals surface area contributed by atoms with Crippen molar-refractivity contribution in [3.05, 3.63) is 42.1 Å². The van der Waals surface area contributed by atoms with Crippen molar-refractivity contribution in [2.75, 3.05) is 19.0 Å². The summed E-state index contributed by atoms with van der Waals surface area (Å²) in [6, 6.07) is 7.62. The highest BCUT2D eigenvalue weighted by atomic mass is 16.5. The third kappa shape index (κ3) is 5.88. The molecule has 0 saturated heterocycles. The first kappa shape index (κ1) is 20.6. The van der Waals surface area contributed by atoms with Gasteiger partial charge in [-0.25, -0.2) is 4.68 Å². The Morgan fingerprint density at radius 1 is 1.26 bits per heavy atom. The molecule has 1 aromatic heterocycles. The molecule has 0 radical (unpaired) electrons. The fourth-order valence-electron chi connectivity index (χ4n) is 2.44. The number of aromatic nitrogens is 2. The van der Waals surface area contributed by atoms with Gasteiger partial charge in [0.15, 0.2) is 11.5 Å². The van der Waals surface area contributed by atoms with Crippen molar-refractivity contribution in [2.24, 2.45) is 5.92 Å². The average molecular weight is 371 g/mol. The molecule has 6 nitrogen and oxygen atoms in total. The average Bonchev–Trinajstić information content (AvgIpc) is 3.12. The summed E-state index contributed by atoms with van der Waals surface area (Å²) >= 11 is 0. The van der Waals surface area contributed by atoms with Gasteiger partial charge in [0, 0.05) is 12.1 Å². The maximum absolute atomic E-state index is 12.3. The lowest BCUT2D eigenvalue weighted by molar-refractivity contribution is -0.111. The third-order valence-corrected chi connectivity index (χ3v) is 4.12. The molecule has 1 amide bonds. The van der Waals surface area contributed by atoms with Crippen LogP contribution in [-0.2, 0) is 4.79 Å². The molecule has 146 valence electrons. The van der Waals surface area contributed by atoms with Crippen LogP contribution in [0.5, 0.6) is 11.5 Å². The van der Waals surface area contributed by atoms with E-state index in [2.05, 4.69) is 38.1 Å². The molecule has 0 aliphatic rings. The molecule has 0 fully saturated rings. The molecule has 1 aromatic carbocycles. The Morgan fingerprint density at radius 2 is 2.04 bits per heavy atom. The van der Waals surface area contributed by atoms with Crippen molar-refractivity contribution in [3.8, 4) is 11.5 Å². The second-order valence-electron chi connectivity index (χ2n) is 6.86. The van der Waals surface area contributed by atoms with Crippen LogP contribution in [-0.4, -0.2) is 29.4 Å². The van der Waals surface area contributed by atoms with Gasteiger partial charge in [0.1, 0.15) is 5.82 Å². The summed E-state index contributed by atoms with van der Waals surface area (Å²) in [5.41, 5.74) is 0.856. The lowest BCUT2D eigenvalue weighted by Gasteiger charge is -2.13. The normalized spacial score (nSPS) is 12.4. The Kier molecular flexibility index (Phi) is 7.46. The van der Waals surface area contributed by atoms with Gasteiger partial charge in [0.25, 0.3) is 0 Å². The monoisotopic (exact) mass is 371 g/mol. The summed E-state index contributed by atoms with van der Waals surface area (Å²) in [6.45, 7) is 8.95. The summed E-state index contributed by atoms with van der Waals surface area (Å²) in [4.78, 5) is 12.3. The number of benzene rings is 1. The smallest absolute Gasteiger partial charge is 0.249 e. The van der Waals surface area contributed by atoms with Gasteiger partial charge in [-0.3, -0.25) is 4.79 Å². The third-order valence-electron chi connectivity index (χ3n) is 4.12. The molecule has 0 saturated carbocycles. The Bertz CT molecular complexity index is 781. The van der Waals surface area contributed by atoms with E-state index in [0.29, 0.717) is 29.8 Å². The molecule has 2 aromatic rings. The van der Waals surface area contributed by atoms with E-state index in [0.717, 1.165) is 12.0 Å². The number of nitrogens with one attached hydrogen (secondary N) is 1. The maximum atomic E-state index is 12.3. The first-order valence-electron chi connectivity index (χ1n) is 9.28. The number of amides is 1. The predicted molar refractivity (Wildman–Crippen MR) is 108 cm³/mol. The fourth-order valence-corrected chi connectivity index (χ4v) is 2.44. The number of carbonyl (C=O) groups excluding carboxylic acids is 1. The van der Waals surface area contributed by atoms with Crippen LogP contribution in [0.3, 0.4) is 0 Å². The van der Waals surface area contributed by atoms with E-state index in [4.69, 9.17) is 9.47 Å². The largest absolute Gasteiger partial charge is 0.493 e. The van der Waals surface area contributed by atoms with E-state index in [9.17, 15) is 4.79 Å². The molecular formula is C21H29N3O3. The van der Waals surface area contributed by atoms with E-state index in [-0.39, 0.29) is 11.9 Å². The minimum absolute atomic E-state index is 0.209. The highest BCUT2D eigenvalue weighted by Crippen LogP contribution is 2.29. The maximum Gasteiger partial charge on any atom is 0.249 e. The summed E-state index contributed by atoms with van der Waals surface area (Å²) < 4.78 is 13.0. The molecule has 6 heteroatoms. The second kappa shape index (κ2) is 9.80. The molecule has 1 N–H and O–H groups in total. The number of hydrogen-bond donors (Lipinski definition) is 1. The minimum Gasteiger partial charge on any atom is -0.493 e. The summed E-state index contributed by atoms with van der Waals surface area (Å²) in [5, 5.41) is 7.14. The number of nitrogens with zero attached hydrogens (tertiary/aromatic N) is 2. The van der Waals surface area contributed by atoms with Crippen LogP contribution in [0, 0.1) is 5.92 Å². The highest BCUT2D eigenvalue weighted by Gasteiger charge is 2.10. The van der Waals surface area contributed by atoms with E-state index in [1.54, 1.807) is 25.4 Å². The van der Waals surface area contributed by atoms with Crippen LogP contribution < -0.4 is 14.8 Å². The van der Waals surface area contributed by atoms with Crippen molar-refractivity contribution in [1.29, 1.82) is 0 Å². The number of carbonyl (C=O) groups is 1. The summed E-state index contributed by atoms with van der Waals surface area (Å²) in [6.07, 6.45) is 5.86. The standard InChI is InChI=1S/C21H29N3O3/c1-6-16(4)24-20(11-12-22-24)23-21(25)10-8-17-7-9-18(19(13-17)26-5)27-14-15(2)3/h7-13,15-16H,6,14H2,1-5H3,(H,23,25)/b10-8+. The van der Waals surface area contributed by atoms with Crippen LogP contribution in [0.2, 0.25) is 0 Å². The minimum atomic E-state index is -0.209. The van der Waals surface area contributed by atoms with Crippen molar-refractivity contribution in [3.63, 3.8) is 0 Å². The number of anilines is 1. The van der Waals surface area contributed by atoms with Gasteiger partial charge in [-0.05, 0) is 43.0 Å². The molecule has 27 heavy (non-hydrogen) atoms. The molecule has 0 spiro atoms. The lowest BCUT2D eigenvalue weighted by Crippen LogP contribution is -2.15. The van der Waals surface area contributed by atoms with Gasteiger partial charge in [-0.2, -0.15) is 5.10 Å². The van der Waals surface area contributed by atoms with Gasteiger partial charge in [-0.1, -0.05) is 26.8 Å². The van der Waals surface area contributed by atoms with E-state index >= 15 is 0 Å². The van der Waals surface area contributed by atoms with Crippen LogP contribution in [0.25, 0.3) is 6.08 Å². The first-order chi connectivity index (χ1) is 12.9. The molecule has 0 bridgehead atoms. The quantitative estimate of drug-likeness (QED) is 0.657. The summed E-state index contributed by atoms with van der Waals surface area (Å²) in [7, 11) is 1.60. The van der Waals surface area contributed by atoms with Gasteiger partial charge >= 0.3 is 0 Å². The van der Waals surface area contributed by atoms with Crippen molar-refractivity contribution >= 4 is 17.8 Å². The number of methoxy groups -OCH3 is 1. The number of rotatable bonds is 9. The zero-order chi connectivity index (χ0) is 19.8. The van der Waals surface area contributed by atoms with Gasteiger partial charge in [-0.15, -0.1) is 0 Å². The van der Waals surface area contributed by atoms with Crippen LogP contribution in [0.1, 0.15) is 45.7 Å². The van der Waals surface area contributed by atoms with E-state index in [1.807, 2.05) is 22.9 Å². The first-order valence-corrected chi connectivity index (χ1v) is 9.28. The van der Waals surface area contributed by atoms with Crippen molar-refractivity contribution in [2.45, 2.75) is 40.2 Å². The topological polar surface area (TPSA) is 65.4 Å². The number of ether oxygens (including phenoxy) is 2. The van der Waals surface area contributed by atoms with E-state index in [1.165, 1.54) is 6.08 Å². The van der Waals surface area contributed by atoms with Crippen LogP contribution >= 0.6 is 0 Å². The Morgan fingerprint density at radius 3 is 2.70 bits per heavy atom.